The van der Waals surface area contributed by atoms with Crippen molar-refractivity contribution in [3.63, 3.8) is 0 Å². The number of nitrogens with zero attached hydrogens (tertiary/aromatic N) is 5. The van der Waals surface area contributed by atoms with Gasteiger partial charge in [-0.05, 0) is 42.0 Å². The van der Waals surface area contributed by atoms with Crippen LogP contribution < -0.4 is 0 Å². The highest BCUT2D eigenvalue weighted by Gasteiger charge is 2.44. The van der Waals surface area contributed by atoms with E-state index in [1.54, 1.807) is 18.2 Å². The van der Waals surface area contributed by atoms with Gasteiger partial charge in [-0.1, -0.05) is 12.1 Å². The lowest BCUT2D eigenvalue weighted by atomic mass is 10.0. The summed E-state index contributed by atoms with van der Waals surface area (Å²) in [6.07, 6.45) is -2.06. The molecule has 9 nitrogen and oxygen atoms in total. The summed E-state index contributed by atoms with van der Waals surface area (Å²) in [4.78, 5) is 8.02. The molecule has 0 fully saturated rings. The van der Waals surface area contributed by atoms with Gasteiger partial charge in [0, 0.05) is 18.3 Å². The van der Waals surface area contributed by atoms with Crippen LogP contribution in [0.25, 0.3) is 11.5 Å². The van der Waals surface area contributed by atoms with E-state index in [0.717, 1.165) is 16.6 Å². The Morgan fingerprint density at radius 1 is 1.03 bits per heavy atom. The summed E-state index contributed by atoms with van der Waals surface area (Å²) < 4.78 is 72.2. The minimum atomic E-state index is -4.20. The molecule has 0 spiro atoms. The summed E-state index contributed by atoms with van der Waals surface area (Å²) in [6.45, 7) is -0.108. The molecule has 0 radical (unpaired) electrons. The van der Waals surface area contributed by atoms with E-state index in [-0.39, 0.29) is 34.3 Å². The molecule has 5 rings (SSSR count). The summed E-state index contributed by atoms with van der Waals surface area (Å²) >= 11 is 0. The van der Waals surface area contributed by atoms with E-state index in [1.807, 2.05) is 0 Å². The molecule has 4 aromatic rings. The van der Waals surface area contributed by atoms with Gasteiger partial charge < -0.3 is 9.52 Å². The van der Waals surface area contributed by atoms with Crippen LogP contribution in [0.15, 0.2) is 70.2 Å². The summed E-state index contributed by atoms with van der Waals surface area (Å²) in [6, 6.07) is 10.3. The minimum Gasteiger partial charge on any atom is -0.415 e. The molecule has 13 heteroatoms. The molecule has 1 aliphatic rings. The van der Waals surface area contributed by atoms with Crippen molar-refractivity contribution in [1.29, 1.82) is 0 Å². The molecule has 0 saturated heterocycles. The van der Waals surface area contributed by atoms with E-state index in [2.05, 4.69) is 20.2 Å². The van der Waals surface area contributed by atoms with E-state index in [4.69, 9.17) is 4.42 Å². The van der Waals surface area contributed by atoms with Crippen LogP contribution in [0, 0.1) is 5.82 Å². The fourth-order valence-electron chi connectivity index (χ4n) is 3.87. The Morgan fingerprint density at radius 3 is 2.51 bits per heavy atom. The van der Waals surface area contributed by atoms with Gasteiger partial charge in [0.1, 0.15) is 11.9 Å². The summed E-state index contributed by atoms with van der Waals surface area (Å²) in [5.74, 6) is -1.75. The van der Waals surface area contributed by atoms with Crippen molar-refractivity contribution in [3.05, 3.63) is 89.6 Å². The minimum absolute atomic E-state index is 0.0549. The predicted molar refractivity (Wildman–Crippen MR) is 114 cm³/mol. The molecular formula is C22H16F3N5O4S. The van der Waals surface area contributed by atoms with Crippen molar-refractivity contribution in [1.82, 2.24) is 24.5 Å². The second kappa shape index (κ2) is 8.83. The highest BCUT2D eigenvalue weighted by atomic mass is 32.2. The molecular weight excluding hydrogens is 487 g/mol. The number of rotatable bonds is 6. The molecule has 1 N–H and O–H groups in total. The molecule has 180 valence electrons. The molecule has 2 atom stereocenters. The molecule has 0 amide bonds. The Kier molecular flexibility index (Phi) is 5.83. The van der Waals surface area contributed by atoms with Crippen LogP contribution in [0.1, 0.15) is 41.4 Å². The SMILES string of the molecule is O=S1(=O)c2cc(-c3nnc(C(F)F)o3)ccc2CN1C(c1ccccn1)C(O)c1ccc(F)cn1. The monoisotopic (exact) mass is 503 g/mol. The normalized spacial score (nSPS) is 16.8. The standard InChI is InChI=1S/C22H16F3N5O4S/c23-14-6-7-16(27-10-14)19(31)18(15-3-1-2-8-26-15)30-11-13-5-4-12(9-17(13)35(30,32)33)21-28-29-22(34-21)20(24)25/h1-10,18-20,31H,11H2. The topological polar surface area (TPSA) is 122 Å². The lowest BCUT2D eigenvalue weighted by Crippen LogP contribution is -2.34. The summed E-state index contributed by atoms with van der Waals surface area (Å²) in [5, 5.41) is 18.0. The van der Waals surface area contributed by atoms with Crippen LogP contribution in [-0.4, -0.2) is 38.0 Å². The van der Waals surface area contributed by atoms with Crippen molar-refractivity contribution < 1.29 is 31.1 Å². The maximum Gasteiger partial charge on any atom is 0.314 e. The third-order valence-corrected chi connectivity index (χ3v) is 7.42. The Bertz CT molecular complexity index is 1470. The van der Waals surface area contributed by atoms with Crippen LogP contribution in [-0.2, 0) is 16.6 Å². The van der Waals surface area contributed by atoms with Crippen LogP contribution in [0.4, 0.5) is 13.2 Å². The lowest BCUT2D eigenvalue weighted by Gasteiger charge is -2.29. The number of aliphatic hydroxyl groups excluding tert-OH is 1. The number of alkyl halides is 2. The van der Waals surface area contributed by atoms with Crippen LogP contribution in [0.3, 0.4) is 0 Å². The van der Waals surface area contributed by atoms with Crippen molar-refractivity contribution in [2.24, 2.45) is 0 Å². The first-order chi connectivity index (χ1) is 16.8. The molecule has 4 heterocycles. The summed E-state index contributed by atoms with van der Waals surface area (Å²) in [7, 11) is -4.20. The number of hydrogen-bond donors (Lipinski definition) is 1. The lowest BCUT2D eigenvalue weighted by molar-refractivity contribution is 0.0826. The van der Waals surface area contributed by atoms with E-state index in [1.165, 1.54) is 30.5 Å². The van der Waals surface area contributed by atoms with Crippen molar-refractivity contribution in [2.75, 3.05) is 0 Å². The average Bonchev–Trinajstić information content (AvgIpc) is 3.44. The molecule has 35 heavy (non-hydrogen) atoms. The van der Waals surface area contributed by atoms with E-state index < -0.39 is 40.3 Å². The quantitative estimate of drug-likeness (QED) is 0.424. The van der Waals surface area contributed by atoms with Crippen molar-refractivity contribution >= 4 is 10.0 Å². The van der Waals surface area contributed by atoms with Gasteiger partial charge in [-0.2, -0.15) is 13.1 Å². The van der Waals surface area contributed by atoms with Gasteiger partial charge in [0.2, 0.25) is 15.9 Å². The highest BCUT2D eigenvalue weighted by molar-refractivity contribution is 7.89. The number of hydrogen-bond acceptors (Lipinski definition) is 8. The van der Waals surface area contributed by atoms with Crippen LogP contribution >= 0.6 is 0 Å². The largest absolute Gasteiger partial charge is 0.415 e. The number of fused-ring (bicyclic) bond motifs is 1. The zero-order chi connectivity index (χ0) is 24.7. The second-order valence-electron chi connectivity index (χ2n) is 7.66. The molecule has 0 bridgehead atoms. The highest BCUT2D eigenvalue weighted by Crippen LogP contribution is 2.43. The molecule has 3 aromatic heterocycles. The van der Waals surface area contributed by atoms with Crippen molar-refractivity contribution in [3.8, 4) is 11.5 Å². The number of aliphatic hydroxyl groups is 1. The first-order valence-corrected chi connectivity index (χ1v) is 11.7. The second-order valence-corrected chi connectivity index (χ2v) is 9.52. The fourth-order valence-corrected chi connectivity index (χ4v) is 5.69. The van der Waals surface area contributed by atoms with Crippen LogP contribution in [0.5, 0.6) is 0 Å². The molecule has 1 aromatic carbocycles. The van der Waals surface area contributed by atoms with E-state index >= 15 is 0 Å². The van der Waals surface area contributed by atoms with E-state index in [0.29, 0.717) is 5.56 Å². The maximum atomic E-state index is 13.6. The first-order valence-electron chi connectivity index (χ1n) is 10.2. The average molecular weight is 503 g/mol. The van der Waals surface area contributed by atoms with Gasteiger partial charge in [-0.3, -0.25) is 9.97 Å². The number of pyridine rings is 2. The zero-order valence-electron chi connectivity index (χ0n) is 17.7. The van der Waals surface area contributed by atoms with Crippen molar-refractivity contribution in [2.45, 2.75) is 30.0 Å². The predicted octanol–water partition coefficient (Wildman–Crippen LogP) is 3.58. The molecule has 2 unspecified atom stereocenters. The number of aromatic nitrogens is 4. The molecule has 0 aliphatic carbocycles. The number of benzene rings is 1. The molecule has 0 saturated carbocycles. The summed E-state index contributed by atoms with van der Waals surface area (Å²) in [5.41, 5.74) is 0.853. The van der Waals surface area contributed by atoms with Gasteiger partial charge >= 0.3 is 6.43 Å². The number of halogens is 3. The Morgan fingerprint density at radius 2 is 1.86 bits per heavy atom. The smallest absolute Gasteiger partial charge is 0.314 e. The Labute approximate surface area is 197 Å². The fraction of sp³-hybridized carbons (Fsp3) is 0.182. The van der Waals surface area contributed by atoms with Gasteiger partial charge in [-0.15, -0.1) is 10.2 Å². The Hall–Kier alpha value is -3.68. The van der Waals surface area contributed by atoms with Gasteiger partial charge in [0.15, 0.2) is 0 Å². The maximum absolute atomic E-state index is 13.6. The zero-order valence-corrected chi connectivity index (χ0v) is 18.5. The number of sulfonamides is 1. The van der Waals surface area contributed by atoms with Gasteiger partial charge in [0.05, 0.1) is 28.5 Å². The third-order valence-electron chi connectivity index (χ3n) is 5.51. The molecule has 1 aliphatic heterocycles. The van der Waals surface area contributed by atoms with Gasteiger partial charge in [-0.25, -0.2) is 12.8 Å². The van der Waals surface area contributed by atoms with Gasteiger partial charge in [0.25, 0.3) is 5.89 Å². The Balaban J connectivity index is 1.56. The van der Waals surface area contributed by atoms with Crippen LogP contribution in [0.2, 0.25) is 0 Å². The first kappa shape index (κ1) is 23.1. The van der Waals surface area contributed by atoms with E-state index in [9.17, 15) is 26.7 Å². The third kappa shape index (κ3) is 4.17.